The summed E-state index contributed by atoms with van der Waals surface area (Å²) < 4.78 is 25.9. The molecule has 5 nitrogen and oxygen atoms in total. The van der Waals surface area contributed by atoms with E-state index in [-0.39, 0.29) is 24.9 Å². The van der Waals surface area contributed by atoms with E-state index in [0.717, 1.165) is 16.7 Å². The van der Waals surface area contributed by atoms with Crippen molar-refractivity contribution in [3.8, 4) is 0 Å². The van der Waals surface area contributed by atoms with Gasteiger partial charge in [0, 0.05) is 13.0 Å². The highest BCUT2D eigenvalue weighted by Gasteiger charge is 2.18. The lowest BCUT2D eigenvalue weighted by Gasteiger charge is -2.23. The first-order chi connectivity index (χ1) is 13.5. The molecule has 0 aliphatic heterocycles. The summed E-state index contributed by atoms with van der Waals surface area (Å²) in [4.78, 5) is 12.4. The van der Waals surface area contributed by atoms with Crippen molar-refractivity contribution in [2.45, 2.75) is 53.5 Å². The van der Waals surface area contributed by atoms with Crippen LogP contribution in [-0.2, 0) is 14.8 Å². The van der Waals surface area contributed by atoms with Crippen LogP contribution in [0.25, 0.3) is 0 Å². The van der Waals surface area contributed by atoms with Gasteiger partial charge in [-0.05, 0) is 81.0 Å². The molecule has 158 valence electrons. The second-order valence-corrected chi connectivity index (χ2v) is 9.75. The number of amides is 1. The highest BCUT2D eigenvalue weighted by molar-refractivity contribution is 7.92. The number of nitrogens with one attached hydrogen (secondary N) is 1. The molecular formula is C23H32N2O3S. The van der Waals surface area contributed by atoms with Crippen molar-refractivity contribution in [3.05, 3.63) is 64.2 Å². The van der Waals surface area contributed by atoms with Crippen LogP contribution in [0.4, 0.5) is 5.69 Å². The van der Waals surface area contributed by atoms with Crippen molar-refractivity contribution in [3.63, 3.8) is 0 Å². The summed E-state index contributed by atoms with van der Waals surface area (Å²) in [5, 5.41) is 3.00. The minimum Gasteiger partial charge on any atom is -0.350 e. The van der Waals surface area contributed by atoms with E-state index in [0.29, 0.717) is 12.1 Å². The molecule has 0 unspecified atom stereocenters. The molecule has 0 heterocycles. The summed E-state index contributed by atoms with van der Waals surface area (Å²) >= 11 is 0. The SMILES string of the molecule is Cc1ccc([C@H](C)NC(=O)CCCN(c2ccc(C)c(C)c2)S(C)(=O)=O)cc1C. The summed E-state index contributed by atoms with van der Waals surface area (Å²) in [6, 6.07) is 11.7. The zero-order valence-electron chi connectivity index (χ0n) is 18.2. The lowest BCUT2D eigenvalue weighted by atomic mass is 10.0. The van der Waals surface area contributed by atoms with Gasteiger partial charge >= 0.3 is 0 Å². The molecule has 1 amide bonds. The number of sulfonamides is 1. The predicted molar refractivity (Wildman–Crippen MR) is 120 cm³/mol. The fourth-order valence-electron chi connectivity index (χ4n) is 3.18. The molecule has 0 saturated heterocycles. The van der Waals surface area contributed by atoms with Crippen LogP contribution in [0.2, 0.25) is 0 Å². The van der Waals surface area contributed by atoms with Gasteiger partial charge in [0.15, 0.2) is 0 Å². The fraction of sp³-hybridized carbons (Fsp3) is 0.435. The number of nitrogens with zero attached hydrogens (tertiary/aromatic N) is 1. The zero-order chi connectivity index (χ0) is 21.8. The van der Waals surface area contributed by atoms with Gasteiger partial charge in [0.25, 0.3) is 0 Å². The minimum atomic E-state index is -3.42. The van der Waals surface area contributed by atoms with Crippen molar-refractivity contribution >= 4 is 21.6 Å². The van der Waals surface area contributed by atoms with E-state index in [1.807, 2.05) is 45.0 Å². The summed E-state index contributed by atoms with van der Waals surface area (Å²) in [5.41, 5.74) is 6.27. The Labute approximate surface area is 175 Å². The highest BCUT2D eigenvalue weighted by Crippen LogP contribution is 2.22. The fourth-order valence-corrected chi connectivity index (χ4v) is 4.14. The number of anilines is 1. The summed E-state index contributed by atoms with van der Waals surface area (Å²) in [7, 11) is -3.42. The minimum absolute atomic E-state index is 0.0794. The maximum atomic E-state index is 12.4. The Morgan fingerprint density at radius 2 is 1.55 bits per heavy atom. The first-order valence-electron chi connectivity index (χ1n) is 9.90. The molecule has 0 aliphatic carbocycles. The molecule has 0 aliphatic rings. The average Bonchev–Trinajstić information content (AvgIpc) is 2.62. The number of benzene rings is 2. The number of carbonyl (C=O) groups is 1. The standard InChI is InChI=1S/C23H32N2O3S/c1-16-9-11-21(14-18(16)3)20(5)24-23(26)8-7-13-25(29(6,27)28)22-12-10-17(2)19(4)15-22/h9-12,14-15,20H,7-8,13H2,1-6H3,(H,24,26)/t20-/m0/s1. The van der Waals surface area contributed by atoms with Crippen LogP contribution in [0.3, 0.4) is 0 Å². The van der Waals surface area contributed by atoms with Gasteiger partial charge in [0.2, 0.25) is 15.9 Å². The number of hydrogen-bond donors (Lipinski definition) is 1. The molecule has 0 spiro atoms. The van der Waals surface area contributed by atoms with Crippen molar-refractivity contribution in [2.75, 3.05) is 17.1 Å². The molecule has 2 rings (SSSR count). The number of carbonyl (C=O) groups excluding carboxylic acids is 1. The lowest BCUT2D eigenvalue weighted by Crippen LogP contribution is -2.32. The molecule has 0 radical (unpaired) electrons. The Balaban J connectivity index is 1.97. The molecule has 6 heteroatoms. The Morgan fingerprint density at radius 3 is 2.10 bits per heavy atom. The molecule has 0 bridgehead atoms. The van der Waals surface area contributed by atoms with Gasteiger partial charge in [-0.3, -0.25) is 9.10 Å². The van der Waals surface area contributed by atoms with Crippen LogP contribution >= 0.6 is 0 Å². The lowest BCUT2D eigenvalue weighted by molar-refractivity contribution is -0.121. The smallest absolute Gasteiger partial charge is 0.232 e. The maximum absolute atomic E-state index is 12.4. The molecule has 2 aromatic rings. The topological polar surface area (TPSA) is 66.5 Å². The van der Waals surface area contributed by atoms with Crippen molar-refractivity contribution in [1.82, 2.24) is 5.32 Å². The van der Waals surface area contributed by atoms with E-state index in [2.05, 4.69) is 31.3 Å². The second-order valence-electron chi connectivity index (χ2n) is 7.84. The third-order valence-corrected chi connectivity index (χ3v) is 6.55. The molecule has 1 atom stereocenters. The van der Waals surface area contributed by atoms with E-state index in [4.69, 9.17) is 0 Å². The normalized spacial score (nSPS) is 12.5. The maximum Gasteiger partial charge on any atom is 0.232 e. The van der Waals surface area contributed by atoms with Crippen LogP contribution in [-0.4, -0.2) is 27.1 Å². The Kier molecular flexibility index (Phi) is 7.47. The molecule has 0 fully saturated rings. The molecular weight excluding hydrogens is 384 g/mol. The molecule has 29 heavy (non-hydrogen) atoms. The molecule has 0 saturated carbocycles. The average molecular weight is 417 g/mol. The van der Waals surface area contributed by atoms with E-state index in [1.165, 1.54) is 21.7 Å². The Hall–Kier alpha value is -2.34. The summed E-state index contributed by atoms with van der Waals surface area (Å²) in [6.45, 7) is 10.3. The van der Waals surface area contributed by atoms with Crippen LogP contribution in [0.1, 0.15) is 53.6 Å². The monoisotopic (exact) mass is 416 g/mol. The van der Waals surface area contributed by atoms with E-state index in [1.54, 1.807) is 0 Å². The van der Waals surface area contributed by atoms with Gasteiger partial charge in [-0.25, -0.2) is 8.42 Å². The van der Waals surface area contributed by atoms with Gasteiger partial charge in [-0.15, -0.1) is 0 Å². The molecule has 1 N–H and O–H groups in total. The van der Waals surface area contributed by atoms with Crippen molar-refractivity contribution < 1.29 is 13.2 Å². The van der Waals surface area contributed by atoms with Gasteiger partial charge in [0.1, 0.15) is 0 Å². The summed E-state index contributed by atoms with van der Waals surface area (Å²) in [6.07, 6.45) is 1.92. The summed E-state index contributed by atoms with van der Waals surface area (Å²) in [5.74, 6) is -0.0794. The van der Waals surface area contributed by atoms with Gasteiger partial charge in [-0.1, -0.05) is 24.3 Å². The van der Waals surface area contributed by atoms with Crippen LogP contribution in [0.15, 0.2) is 36.4 Å². The Morgan fingerprint density at radius 1 is 0.966 bits per heavy atom. The third-order valence-electron chi connectivity index (χ3n) is 5.35. The van der Waals surface area contributed by atoms with Crippen molar-refractivity contribution in [1.29, 1.82) is 0 Å². The largest absolute Gasteiger partial charge is 0.350 e. The first-order valence-corrected chi connectivity index (χ1v) is 11.8. The van der Waals surface area contributed by atoms with Crippen LogP contribution < -0.4 is 9.62 Å². The number of aryl methyl sites for hydroxylation is 4. The zero-order valence-corrected chi connectivity index (χ0v) is 19.1. The van der Waals surface area contributed by atoms with E-state index in [9.17, 15) is 13.2 Å². The quantitative estimate of drug-likeness (QED) is 0.696. The highest BCUT2D eigenvalue weighted by atomic mass is 32.2. The molecule has 0 aromatic heterocycles. The first kappa shape index (κ1) is 22.9. The van der Waals surface area contributed by atoms with Crippen LogP contribution in [0.5, 0.6) is 0 Å². The van der Waals surface area contributed by atoms with Crippen LogP contribution in [0, 0.1) is 27.7 Å². The van der Waals surface area contributed by atoms with Crippen molar-refractivity contribution in [2.24, 2.45) is 0 Å². The number of rotatable bonds is 8. The van der Waals surface area contributed by atoms with E-state index >= 15 is 0 Å². The third kappa shape index (κ3) is 6.32. The van der Waals surface area contributed by atoms with E-state index < -0.39 is 10.0 Å². The number of hydrogen-bond acceptors (Lipinski definition) is 3. The van der Waals surface area contributed by atoms with Gasteiger partial charge < -0.3 is 5.32 Å². The predicted octanol–water partition coefficient (Wildman–Crippen LogP) is 4.34. The Bertz CT molecular complexity index is 984. The molecule has 2 aromatic carbocycles. The van der Waals surface area contributed by atoms with Gasteiger partial charge in [0.05, 0.1) is 18.0 Å². The second kappa shape index (κ2) is 9.44. The van der Waals surface area contributed by atoms with Gasteiger partial charge in [-0.2, -0.15) is 0 Å².